The van der Waals surface area contributed by atoms with Crippen LogP contribution in [0.1, 0.15) is 21.5 Å². The van der Waals surface area contributed by atoms with Crippen molar-refractivity contribution >= 4 is 53.0 Å². The molecule has 3 aromatic rings. The number of carbonyl (C=O) groups excluding carboxylic acids is 1. The number of rotatable bonds is 9. The molecule has 3 rings (SSSR count). The Balaban J connectivity index is 1.44. The quantitative estimate of drug-likeness (QED) is 0.294. The molecule has 10 heteroatoms. The first-order chi connectivity index (χ1) is 14.1. The van der Waals surface area contributed by atoms with E-state index >= 15 is 0 Å². The summed E-state index contributed by atoms with van der Waals surface area (Å²) in [4.78, 5) is 23.1. The fraction of sp³-hybridized carbons (Fsp3) is 0.105. The lowest BCUT2D eigenvalue weighted by atomic mass is 10.1. The topological polar surface area (TPSA) is 105 Å². The summed E-state index contributed by atoms with van der Waals surface area (Å²) in [5.41, 5.74) is 4.13. The van der Waals surface area contributed by atoms with Gasteiger partial charge < -0.3 is 5.11 Å². The van der Waals surface area contributed by atoms with Crippen LogP contribution >= 0.6 is 34.9 Å². The fourth-order valence-electron chi connectivity index (χ4n) is 2.17. The largest absolute Gasteiger partial charge is 0.478 e. The summed E-state index contributed by atoms with van der Waals surface area (Å²) in [7, 11) is 0. The van der Waals surface area contributed by atoms with E-state index < -0.39 is 5.97 Å². The van der Waals surface area contributed by atoms with Gasteiger partial charge in [0, 0.05) is 11.3 Å². The highest BCUT2D eigenvalue weighted by Crippen LogP contribution is 2.30. The molecule has 0 fully saturated rings. The first-order valence-corrected chi connectivity index (χ1v) is 11.2. The molecule has 0 atom stereocenters. The van der Waals surface area contributed by atoms with Crippen molar-refractivity contribution in [2.75, 3.05) is 5.75 Å². The van der Waals surface area contributed by atoms with Crippen molar-refractivity contribution in [3.05, 3.63) is 71.3 Å². The summed E-state index contributed by atoms with van der Waals surface area (Å²) in [5.74, 6) is -0.415. The molecule has 0 saturated heterocycles. The van der Waals surface area contributed by atoms with Crippen LogP contribution in [0.15, 0.2) is 68.4 Å². The van der Waals surface area contributed by atoms with Crippen LogP contribution in [-0.2, 0) is 10.5 Å². The van der Waals surface area contributed by atoms with Gasteiger partial charge >= 0.3 is 5.97 Å². The Morgan fingerprint density at radius 3 is 2.48 bits per heavy atom. The maximum atomic E-state index is 11.9. The molecular formula is C19H16N4O3S3. The van der Waals surface area contributed by atoms with Crippen molar-refractivity contribution in [3.8, 4) is 0 Å². The number of hydrogen-bond donors (Lipinski definition) is 2. The third-order valence-corrected chi connectivity index (χ3v) is 6.76. The van der Waals surface area contributed by atoms with Gasteiger partial charge in [0.1, 0.15) is 0 Å². The standard InChI is InChI=1S/C19H16N4O3S3/c24-16(21-20-10-14-8-4-5-9-15(14)17(25)26)12-28-19-23-22-18(29-19)27-11-13-6-2-1-3-7-13/h1-10H,11-12H2,(H,21,24)(H,25,26)/b20-10-. The Labute approximate surface area is 179 Å². The molecule has 0 spiro atoms. The Hall–Kier alpha value is -2.69. The molecule has 148 valence electrons. The van der Waals surface area contributed by atoms with Gasteiger partial charge in [-0.3, -0.25) is 4.79 Å². The second-order valence-corrected chi connectivity index (χ2v) is 9.00. The normalized spacial score (nSPS) is 10.9. The zero-order chi connectivity index (χ0) is 20.5. The van der Waals surface area contributed by atoms with Crippen molar-refractivity contribution in [2.45, 2.75) is 14.4 Å². The number of aromatic carboxylic acids is 1. The molecule has 1 heterocycles. The summed E-state index contributed by atoms with van der Waals surface area (Å²) in [6, 6.07) is 16.5. The van der Waals surface area contributed by atoms with Gasteiger partial charge in [-0.25, -0.2) is 10.2 Å². The van der Waals surface area contributed by atoms with E-state index in [9.17, 15) is 9.59 Å². The third kappa shape index (κ3) is 6.70. The van der Waals surface area contributed by atoms with E-state index in [2.05, 4.69) is 32.9 Å². The van der Waals surface area contributed by atoms with Gasteiger partial charge in [-0.2, -0.15) is 5.10 Å². The van der Waals surface area contributed by atoms with Gasteiger partial charge in [0.25, 0.3) is 5.91 Å². The van der Waals surface area contributed by atoms with Crippen LogP contribution in [0.3, 0.4) is 0 Å². The second-order valence-electron chi connectivity index (χ2n) is 5.58. The zero-order valence-corrected chi connectivity index (χ0v) is 17.5. The second kappa shape index (κ2) is 10.7. The summed E-state index contributed by atoms with van der Waals surface area (Å²) in [5, 5.41) is 21.2. The predicted molar refractivity (Wildman–Crippen MR) is 116 cm³/mol. The Morgan fingerprint density at radius 2 is 1.72 bits per heavy atom. The number of nitrogens with zero attached hydrogens (tertiary/aromatic N) is 3. The van der Waals surface area contributed by atoms with E-state index in [0.29, 0.717) is 9.90 Å². The van der Waals surface area contributed by atoms with E-state index in [1.54, 1.807) is 30.0 Å². The molecule has 2 N–H and O–H groups in total. The average Bonchev–Trinajstić information content (AvgIpc) is 3.20. The van der Waals surface area contributed by atoms with Gasteiger partial charge in [-0.05, 0) is 11.6 Å². The van der Waals surface area contributed by atoms with Crippen LogP contribution in [0.5, 0.6) is 0 Å². The molecule has 0 aliphatic rings. The molecule has 29 heavy (non-hydrogen) atoms. The minimum absolute atomic E-state index is 0.120. The predicted octanol–water partition coefficient (Wildman–Crippen LogP) is 3.77. The molecule has 0 aliphatic carbocycles. The molecule has 0 aliphatic heterocycles. The fourth-order valence-corrected chi connectivity index (χ4v) is 4.94. The molecule has 0 bridgehead atoms. The van der Waals surface area contributed by atoms with E-state index in [0.717, 1.165) is 10.1 Å². The lowest BCUT2D eigenvalue weighted by Gasteiger charge is -2.00. The number of aromatic nitrogens is 2. The number of hydrazone groups is 1. The summed E-state index contributed by atoms with van der Waals surface area (Å²) < 4.78 is 1.55. The molecule has 7 nitrogen and oxygen atoms in total. The molecule has 0 radical (unpaired) electrons. The van der Waals surface area contributed by atoms with E-state index in [1.165, 1.54) is 40.9 Å². The Kier molecular flexibility index (Phi) is 7.79. The van der Waals surface area contributed by atoms with Gasteiger partial charge in [0.15, 0.2) is 8.68 Å². The van der Waals surface area contributed by atoms with Crippen molar-refractivity contribution in [3.63, 3.8) is 0 Å². The SMILES string of the molecule is O=C(CSc1nnc(SCc2ccccc2)s1)N/N=C\c1ccccc1C(=O)O. The molecule has 1 amide bonds. The van der Waals surface area contributed by atoms with Crippen LogP contribution in [-0.4, -0.2) is 39.1 Å². The Morgan fingerprint density at radius 1 is 1.03 bits per heavy atom. The van der Waals surface area contributed by atoms with Crippen LogP contribution in [0.4, 0.5) is 0 Å². The van der Waals surface area contributed by atoms with Gasteiger partial charge in [0.05, 0.1) is 17.5 Å². The number of carbonyl (C=O) groups is 2. The molecule has 1 aromatic heterocycles. The van der Waals surface area contributed by atoms with E-state index in [1.807, 2.05) is 18.2 Å². The summed E-state index contributed by atoms with van der Waals surface area (Å²) in [6.07, 6.45) is 1.31. The molecular weight excluding hydrogens is 428 g/mol. The van der Waals surface area contributed by atoms with Gasteiger partial charge in [-0.15, -0.1) is 10.2 Å². The highest BCUT2D eigenvalue weighted by molar-refractivity contribution is 8.03. The average molecular weight is 445 g/mol. The van der Waals surface area contributed by atoms with Crippen molar-refractivity contribution in [2.24, 2.45) is 5.10 Å². The minimum Gasteiger partial charge on any atom is -0.478 e. The van der Waals surface area contributed by atoms with Crippen LogP contribution in [0, 0.1) is 0 Å². The highest BCUT2D eigenvalue weighted by atomic mass is 32.2. The lowest BCUT2D eigenvalue weighted by molar-refractivity contribution is -0.118. The number of nitrogens with one attached hydrogen (secondary N) is 1. The first-order valence-electron chi connectivity index (χ1n) is 8.39. The van der Waals surface area contributed by atoms with Crippen molar-refractivity contribution < 1.29 is 14.7 Å². The van der Waals surface area contributed by atoms with Crippen molar-refractivity contribution in [1.82, 2.24) is 15.6 Å². The molecule has 0 unspecified atom stereocenters. The smallest absolute Gasteiger partial charge is 0.336 e. The minimum atomic E-state index is -1.05. The van der Waals surface area contributed by atoms with E-state index in [-0.39, 0.29) is 17.2 Å². The first kappa shape index (κ1) is 21.0. The highest BCUT2D eigenvalue weighted by Gasteiger charge is 2.09. The van der Waals surface area contributed by atoms with Gasteiger partial charge in [-0.1, -0.05) is 83.4 Å². The third-order valence-electron chi connectivity index (χ3n) is 3.50. The number of benzene rings is 2. The zero-order valence-electron chi connectivity index (χ0n) is 15.0. The lowest BCUT2D eigenvalue weighted by Crippen LogP contribution is -2.19. The summed E-state index contributed by atoms with van der Waals surface area (Å²) in [6.45, 7) is 0. The van der Waals surface area contributed by atoms with Crippen LogP contribution in [0.2, 0.25) is 0 Å². The monoisotopic (exact) mass is 444 g/mol. The van der Waals surface area contributed by atoms with Crippen molar-refractivity contribution in [1.29, 1.82) is 0 Å². The maximum Gasteiger partial charge on any atom is 0.336 e. The number of amides is 1. The van der Waals surface area contributed by atoms with E-state index in [4.69, 9.17) is 5.11 Å². The molecule has 0 saturated carbocycles. The van der Waals surface area contributed by atoms with Crippen LogP contribution < -0.4 is 5.43 Å². The van der Waals surface area contributed by atoms with Gasteiger partial charge in [0.2, 0.25) is 0 Å². The number of hydrogen-bond acceptors (Lipinski definition) is 8. The summed E-state index contributed by atoms with van der Waals surface area (Å²) >= 11 is 4.32. The number of carboxylic acid groups (broad SMARTS) is 1. The van der Waals surface area contributed by atoms with Crippen LogP contribution in [0.25, 0.3) is 0 Å². The maximum absolute atomic E-state index is 11.9. The molecule has 2 aromatic carbocycles. The Bertz CT molecular complexity index is 1010. The number of carboxylic acids is 1. The number of thioether (sulfide) groups is 2.